The molecule has 7 heteroatoms. The van der Waals surface area contributed by atoms with Crippen LogP contribution in [0.4, 0.5) is 0 Å². The molecule has 0 radical (unpaired) electrons. The average Bonchev–Trinajstić information content (AvgIpc) is 3.03. The van der Waals surface area contributed by atoms with Crippen molar-refractivity contribution in [2.45, 2.75) is 31.9 Å². The molecule has 7 nitrogen and oxygen atoms in total. The minimum absolute atomic E-state index is 0.0143. The summed E-state index contributed by atoms with van der Waals surface area (Å²) in [6.07, 6.45) is 2.05. The standard InChI is InChI=1S/C17H28N4O3/c1-13-8-15(20(2)19-13)9-21-11-17(12-21)14(5-7-24-17)4-6-18-16(22)10-23-3/h8,14H,4-7,9-12H2,1-3H3,(H,18,22)/t14-/m1/s1. The van der Waals surface area contributed by atoms with Gasteiger partial charge in [0.25, 0.3) is 0 Å². The van der Waals surface area contributed by atoms with Gasteiger partial charge in [-0.2, -0.15) is 5.10 Å². The van der Waals surface area contributed by atoms with Crippen LogP contribution in [0.25, 0.3) is 0 Å². The highest BCUT2D eigenvalue weighted by Gasteiger charge is 2.52. The van der Waals surface area contributed by atoms with Crippen molar-refractivity contribution in [1.29, 1.82) is 0 Å². The third kappa shape index (κ3) is 3.63. The molecule has 0 aromatic carbocycles. The summed E-state index contributed by atoms with van der Waals surface area (Å²) in [4.78, 5) is 13.9. The maximum Gasteiger partial charge on any atom is 0.245 e. The van der Waals surface area contributed by atoms with E-state index in [2.05, 4.69) is 21.4 Å². The molecule has 0 bridgehead atoms. The zero-order valence-corrected chi connectivity index (χ0v) is 14.9. The first-order chi connectivity index (χ1) is 11.5. The number of rotatable bonds is 7. The van der Waals surface area contributed by atoms with Crippen LogP contribution in [0.5, 0.6) is 0 Å². The summed E-state index contributed by atoms with van der Waals surface area (Å²) in [5, 5.41) is 7.32. The molecule has 134 valence electrons. The van der Waals surface area contributed by atoms with Crippen LogP contribution in [0, 0.1) is 12.8 Å². The summed E-state index contributed by atoms with van der Waals surface area (Å²) in [5.74, 6) is 0.470. The average molecular weight is 336 g/mol. The predicted molar refractivity (Wildman–Crippen MR) is 89.5 cm³/mol. The van der Waals surface area contributed by atoms with Crippen molar-refractivity contribution in [2.75, 3.05) is 40.0 Å². The molecule has 0 saturated carbocycles. The monoisotopic (exact) mass is 336 g/mol. The van der Waals surface area contributed by atoms with Gasteiger partial charge in [-0.1, -0.05) is 0 Å². The van der Waals surface area contributed by atoms with Crippen LogP contribution in [0.15, 0.2) is 6.07 Å². The lowest BCUT2D eigenvalue weighted by molar-refractivity contribution is -0.138. The number of hydrogen-bond donors (Lipinski definition) is 1. The van der Waals surface area contributed by atoms with Crippen molar-refractivity contribution in [3.8, 4) is 0 Å². The number of ether oxygens (including phenoxy) is 2. The molecular formula is C17H28N4O3. The second kappa shape index (κ2) is 7.21. The topological polar surface area (TPSA) is 68.6 Å². The highest BCUT2D eigenvalue weighted by Crippen LogP contribution is 2.41. The molecule has 1 atom stereocenters. The van der Waals surface area contributed by atoms with Crippen molar-refractivity contribution in [1.82, 2.24) is 20.0 Å². The van der Waals surface area contributed by atoms with E-state index in [4.69, 9.17) is 9.47 Å². The number of hydrogen-bond acceptors (Lipinski definition) is 5. The lowest BCUT2D eigenvalue weighted by Crippen LogP contribution is -2.64. The lowest BCUT2D eigenvalue weighted by Gasteiger charge is -2.50. The molecule has 1 N–H and O–H groups in total. The van der Waals surface area contributed by atoms with Gasteiger partial charge in [-0.15, -0.1) is 0 Å². The maximum absolute atomic E-state index is 11.5. The number of methoxy groups -OCH3 is 1. The summed E-state index contributed by atoms with van der Waals surface area (Å²) in [7, 11) is 3.53. The first-order valence-corrected chi connectivity index (χ1v) is 8.64. The number of likely N-dealkylation sites (tertiary alicyclic amines) is 1. The quantitative estimate of drug-likeness (QED) is 0.784. The Bertz CT molecular complexity index is 580. The van der Waals surface area contributed by atoms with Gasteiger partial charge in [0.15, 0.2) is 0 Å². The minimum Gasteiger partial charge on any atom is -0.375 e. The van der Waals surface area contributed by atoms with Gasteiger partial charge in [0.2, 0.25) is 5.91 Å². The first-order valence-electron chi connectivity index (χ1n) is 8.64. The largest absolute Gasteiger partial charge is 0.375 e. The van der Waals surface area contributed by atoms with Crippen molar-refractivity contribution in [3.05, 3.63) is 17.5 Å². The van der Waals surface area contributed by atoms with E-state index in [1.165, 1.54) is 12.8 Å². The Labute approximate surface area is 143 Å². The Morgan fingerprint density at radius 3 is 3.00 bits per heavy atom. The molecule has 24 heavy (non-hydrogen) atoms. The van der Waals surface area contributed by atoms with Gasteiger partial charge < -0.3 is 14.8 Å². The van der Waals surface area contributed by atoms with E-state index in [9.17, 15) is 4.79 Å². The van der Waals surface area contributed by atoms with Gasteiger partial charge in [0.05, 0.1) is 17.0 Å². The molecule has 2 fully saturated rings. The smallest absolute Gasteiger partial charge is 0.245 e. The number of aromatic nitrogens is 2. The SMILES string of the molecule is COCC(=O)NCC[C@@H]1CCOC12CN(Cc1cc(C)nn1C)C2. The Hall–Kier alpha value is -1.44. The van der Waals surface area contributed by atoms with Gasteiger partial charge in [0.1, 0.15) is 6.61 Å². The third-order valence-electron chi connectivity index (χ3n) is 5.16. The summed E-state index contributed by atoms with van der Waals surface area (Å²) in [6.45, 7) is 6.52. The highest BCUT2D eigenvalue weighted by molar-refractivity contribution is 5.77. The van der Waals surface area contributed by atoms with Crippen LogP contribution < -0.4 is 5.32 Å². The zero-order valence-electron chi connectivity index (χ0n) is 14.9. The molecule has 1 spiro atoms. The van der Waals surface area contributed by atoms with E-state index in [1.54, 1.807) is 0 Å². The number of nitrogens with one attached hydrogen (secondary N) is 1. The fourth-order valence-corrected chi connectivity index (χ4v) is 3.97. The van der Waals surface area contributed by atoms with E-state index < -0.39 is 0 Å². The minimum atomic E-state index is -0.0488. The Balaban J connectivity index is 1.46. The highest BCUT2D eigenvalue weighted by atomic mass is 16.5. The fraction of sp³-hybridized carbons (Fsp3) is 0.765. The van der Waals surface area contributed by atoms with Crippen LogP contribution in [-0.2, 0) is 27.9 Å². The van der Waals surface area contributed by atoms with Crippen molar-refractivity contribution < 1.29 is 14.3 Å². The number of aryl methyl sites for hydroxylation is 2. The molecule has 0 unspecified atom stereocenters. The summed E-state index contributed by atoms with van der Waals surface area (Å²) >= 11 is 0. The zero-order chi connectivity index (χ0) is 17.2. The van der Waals surface area contributed by atoms with Crippen LogP contribution in [-0.4, -0.2) is 66.1 Å². The maximum atomic E-state index is 11.5. The van der Waals surface area contributed by atoms with Gasteiger partial charge in [-0.05, 0) is 31.7 Å². The van der Waals surface area contributed by atoms with E-state index in [-0.39, 0.29) is 18.1 Å². The third-order valence-corrected chi connectivity index (χ3v) is 5.16. The van der Waals surface area contributed by atoms with Gasteiger partial charge >= 0.3 is 0 Å². The summed E-state index contributed by atoms with van der Waals surface area (Å²) in [6, 6.07) is 2.14. The number of carbonyl (C=O) groups excluding carboxylic acids is 1. The van der Waals surface area contributed by atoms with E-state index >= 15 is 0 Å². The van der Waals surface area contributed by atoms with Crippen LogP contribution in [0.3, 0.4) is 0 Å². The van der Waals surface area contributed by atoms with Crippen molar-refractivity contribution in [2.24, 2.45) is 13.0 Å². The molecule has 0 aliphatic carbocycles. The van der Waals surface area contributed by atoms with Gasteiger partial charge in [-0.3, -0.25) is 14.4 Å². The molecule has 1 amide bonds. The molecule has 2 aliphatic heterocycles. The van der Waals surface area contributed by atoms with Crippen molar-refractivity contribution >= 4 is 5.91 Å². The molecule has 3 heterocycles. The van der Waals surface area contributed by atoms with E-state index in [0.717, 1.165) is 44.8 Å². The van der Waals surface area contributed by atoms with Crippen LogP contribution in [0.1, 0.15) is 24.2 Å². The van der Waals surface area contributed by atoms with E-state index in [0.29, 0.717) is 12.5 Å². The number of amides is 1. The summed E-state index contributed by atoms with van der Waals surface area (Å²) in [5.41, 5.74) is 2.29. The molecular weight excluding hydrogens is 308 g/mol. The molecule has 3 rings (SSSR count). The van der Waals surface area contributed by atoms with Crippen LogP contribution in [0.2, 0.25) is 0 Å². The second-order valence-electron chi connectivity index (χ2n) is 7.02. The molecule has 1 aromatic rings. The Morgan fingerprint density at radius 1 is 1.54 bits per heavy atom. The lowest BCUT2D eigenvalue weighted by atomic mass is 9.79. The molecule has 2 aliphatic rings. The normalized spacial score (nSPS) is 22.7. The second-order valence-corrected chi connectivity index (χ2v) is 7.02. The van der Waals surface area contributed by atoms with Gasteiger partial charge in [0, 0.05) is 46.9 Å². The van der Waals surface area contributed by atoms with Crippen molar-refractivity contribution in [3.63, 3.8) is 0 Å². The predicted octanol–water partition coefficient (Wildman–Crippen LogP) is 0.472. The first kappa shape index (κ1) is 17.4. The molecule has 1 aromatic heterocycles. The van der Waals surface area contributed by atoms with Crippen LogP contribution >= 0.6 is 0 Å². The number of nitrogens with zero attached hydrogens (tertiary/aromatic N) is 3. The summed E-state index contributed by atoms with van der Waals surface area (Å²) < 4.78 is 12.9. The fourth-order valence-electron chi connectivity index (χ4n) is 3.97. The molecule has 2 saturated heterocycles. The van der Waals surface area contributed by atoms with Gasteiger partial charge in [-0.25, -0.2) is 0 Å². The Kier molecular flexibility index (Phi) is 5.22. The van der Waals surface area contributed by atoms with E-state index in [1.807, 2.05) is 18.7 Å². The Morgan fingerprint density at radius 2 is 2.33 bits per heavy atom. The number of carbonyl (C=O) groups is 1.